The van der Waals surface area contributed by atoms with E-state index in [0.717, 1.165) is 0 Å². The minimum absolute atomic E-state index is 0.0298. The van der Waals surface area contributed by atoms with Crippen molar-refractivity contribution in [3.63, 3.8) is 0 Å². The molecule has 1 aromatic rings. The lowest BCUT2D eigenvalue weighted by molar-refractivity contribution is -0.143. The third kappa shape index (κ3) is 3.91. The van der Waals surface area contributed by atoms with Crippen LogP contribution >= 0.6 is 11.6 Å². The number of carboxylic acid groups (broad SMARTS) is 1. The Kier molecular flexibility index (Phi) is 5.77. The molecule has 140 valence electrons. The molecule has 0 radical (unpaired) electrons. The van der Waals surface area contributed by atoms with Crippen molar-refractivity contribution in [2.45, 2.75) is 39.7 Å². The molecule has 0 amide bonds. The molecule has 0 saturated carbocycles. The molecule has 2 rings (SSSR count). The number of anilines is 1. The van der Waals surface area contributed by atoms with Crippen LogP contribution in [0.4, 0.5) is 5.82 Å². The Morgan fingerprint density at radius 2 is 2.12 bits per heavy atom. The van der Waals surface area contributed by atoms with E-state index in [1.165, 1.54) is 13.2 Å². The van der Waals surface area contributed by atoms with Crippen molar-refractivity contribution in [1.29, 1.82) is 5.26 Å². The van der Waals surface area contributed by atoms with Gasteiger partial charge in [-0.1, -0.05) is 20.8 Å². The van der Waals surface area contributed by atoms with E-state index in [9.17, 15) is 20.0 Å². The van der Waals surface area contributed by atoms with E-state index in [0.29, 0.717) is 25.2 Å². The normalized spacial score (nSPS) is 20.4. The molecule has 1 N–H and O–H groups in total. The van der Waals surface area contributed by atoms with Crippen molar-refractivity contribution in [2.75, 3.05) is 18.6 Å². The highest BCUT2D eigenvalue weighted by Gasteiger charge is 2.40. The standard InChI is InChI=1S/C18H22ClN3O4/c1-18(2,3)13-8-10(17(24)25)5-6-22(13)15-11(9-20)7-12(14(19)23)16(21-15)26-4/h7,10,13H,5-6,8H2,1-4H3,(H,24,25). The lowest BCUT2D eigenvalue weighted by atomic mass is 9.77. The second kappa shape index (κ2) is 7.50. The molecule has 7 nitrogen and oxygen atoms in total. The Morgan fingerprint density at radius 3 is 2.58 bits per heavy atom. The maximum absolute atomic E-state index is 11.6. The zero-order valence-electron chi connectivity index (χ0n) is 15.2. The molecule has 8 heteroatoms. The van der Waals surface area contributed by atoms with Gasteiger partial charge in [0.1, 0.15) is 6.07 Å². The molecule has 2 atom stereocenters. The fraction of sp³-hybridized carbons (Fsp3) is 0.556. The Balaban J connectivity index is 2.56. The second-order valence-corrected chi connectivity index (χ2v) is 7.78. The Hall–Kier alpha value is -2.33. The van der Waals surface area contributed by atoms with Crippen molar-refractivity contribution < 1.29 is 19.4 Å². The van der Waals surface area contributed by atoms with Gasteiger partial charge in [0.25, 0.3) is 5.24 Å². The lowest BCUT2D eigenvalue weighted by Gasteiger charge is -2.46. The molecule has 0 bridgehead atoms. The van der Waals surface area contributed by atoms with Crippen LogP contribution in [-0.4, -0.2) is 41.0 Å². The zero-order chi connectivity index (χ0) is 19.6. The summed E-state index contributed by atoms with van der Waals surface area (Å²) in [6.45, 7) is 6.51. The molecule has 1 aliphatic heterocycles. The van der Waals surface area contributed by atoms with Gasteiger partial charge in [-0.3, -0.25) is 9.59 Å². The number of carbonyl (C=O) groups excluding carboxylic acids is 1. The molecule has 2 unspecified atom stereocenters. The SMILES string of the molecule is COc1nc(N2CCC(C(=O)O)CC2C(C)(C)C)c(C#N)cc1C(=O)Cl. The van der Waals surface area contributed by atoms with E-state index >= 15 is 0 Å². The summed E-state index contributed by atoms with van der Waals surface area (Å²) in [7, 11) is 1.37. The molecular weight excluding hydrogens is 358 g/mol. The number of pyridine rings is 1. The summed E-state index contributed by atoms with van der Waals surface area (Å²) >= 11 is 5.56. The highest BCUT2D eigenvalue weighted by atomic mass is 35.5. The summed E-state index contributed by atoms with van der Waals surface area (Å²) in [6, 6.07) is 3.29. The van der Waals surface area contributed by atoms with Crippen LogP contribution in [0.2, 0.25) is 0 Å². The van der Waals surface area contributed by atoms with Gasteiger partial charge >= 0.3 is 5.97 Å². The number of nitrogens with zero attached hydrogens (tertiary/aromatic N) is 3. The predicted octanol–water partition coefficient (Wildman–Crippen LogP) is 3.06. The quantitative estimate of drug-likeness (QED) is 0.801. The van der Waals surface area contributed by atoms with E-state index < -0.39 is 17.1 Å². The van der Waals surface area contributed by atoms with E-state index in [1.807, 2.05) is 25.7 Å². The van der Waals surface area contributed by atoms with Crippen molar-refractivity contribution in [1.82, 2.24) is 4.98 Å². The summed E-state index contributed by atoms with van der Waals surface area (Å²) in [5.74, 6) is -0.818. The third-order valence-electron chi connectivity index (χ3n) is 4.72. The molecule has 0 aliphatic carbocycles. The van der Waals surface area contributed by atoms with Gasteiger partial charge in [-0.15, -0.1) is 0 Å². The number of rotatable bonds is 4. The Labute approximate surface area is 157 Å². The van der Waals surface area contributed by atoms with Crippen LogP contribution in [-0.2, 0) is 4.79 Å². The number of aliphatic carboxylic acids is 1. The molecule has 1 saturated heterocycles. The first-order valence-corrected chi connectivity index (χ1v) is 8.66. The number of carbonyl (C=O) groups is 2. The van der Waals surface area contributed by atoms with Crippen LogP contribution < -0.4 is 9.64 Å². The van der Waals surface area contributed by atoms with Gasteiger partial charge in [-0.2, -0.15) is 10.2 Å². The number of ether oxygens (including phenoxy) is 1. The lowest BCUT2D eigenvalue weighted by Crippen LogP contribution is -2.51. The first kappa shape index (κ1) is 20.0. The molecular formula is C18H22ClN3O4. The summed E-state index contributed by atoms with van der Waals surface area (Å²) in [6.07, 6.45) is 0.900. The number of nitriles is 1. The number of carboxylic acids is 1. The molecule has 0 spiro atoms. The van der Waals surface area contributed by atoms with Crippen molar-refractivity contribution in [3.05, 3.63) is 17.2 Å². The largest absolute Gasteiger partial charge is 0.481 e. The number of hydrogen-bond donors (Lipinski definition) is 1. The van der Waals surface area contributed by atoms with Gasteiger partial charge in [-0.05, 0) is 35.9 Å². The van der Waals surface area contributed by atoms with Gasteiger partial charge in [-0.25, -0.2) is 0 Å². The molecule has 26 heavy (non-hydrogen) atoms. The fourth-order valence-electron chi connectivity index (χ4n) is 3.35. The number of aromatic nitrogens is 1. The number of methoxy groups -OCH3 is 1. The van der Waals surface area contributed by atoms with Crippen LogP contribution in [0.5, 0.6) is 5.88 Å². The monoisotopic (exact) mass is 379 g/mol. The maximum atomic E-state index is 11.6. The maximum Gasteiger partial charge on any atom is 0.306 e. The summed E-state index contributed by atoms with van der Waals surface area (Å²) in [4.78, 5) is 29.4. The third-order valence-corrected chi connectivity index (χ3v) is 4.92. The van der Waals surface area contributed by atoms with E-state index in [1.54, 1.807) is 0 Å². The predicted molar refractivity (Wildman–Crippen MR) is 96.6 cm³/mol. The Bertz CT molecular complexity index is 767. The number of halogens is 1. The summed E-state index contributed by atoms with van der Waals surface area (Å²) in [5, 5.41) is 18.2. The minimum Gasteiger partial charge on any atom is -0.481 e. The first-order valence-electron chi connectivity index (χ1n) is 8.28. The molecule has 1 aliphatic rings. The van der Waals surface area contributed by atoms with Crippen molar-refractivity contribution >= 4 is 28.6 Å². The molecule has 0 aromatic carbocycles. The van der Waals surface area contributed by atoms with E-state index in [-0.39, 0.29) is 28.5 Å². The zero-order valence-corrected chi connectivity index (χ0v) is 16.0. The van der Waals surface area contributed by atoms with Gasteiger partial charge in [0, 0.05) is 12.6 Å². The number of piperidine rings is 1. The highest BCUT2D eigenvalue weighted by molar-refractivity contribution is 6.68. The van der Waals surface area contributed by atoms with Crippen molar-refractivity contribution in [2.24, 2.45) is 11.3 Å². The van der Waals surface area contributed by atoms with Crippen LogP contribution in [0.1, 0.15) is 49.5 Å². The van der Waals surface area contributed by atoms with Crippen LogP contribution in [0.3, 0.4) is 0 Å². The smallest absolute Gasteiger partial charge is 0.306 e. The van der Waals surface area contributed by atoms with Crippen LogP contribution in [0.25, 0.3) is 0 Å². The molecule has 1 fully saturated rings. The summed E-state index contributed by atoms with van der Waals surface area (Å²) < 4.78 is 5.17. The van der Waals surface area contributed by atoms with Gasteiger partial charge in [0.2, 0.25) is 5.88 Å². The summed E-state index contributed by atoms with van der Waals surface area (Å²) in [5.41, 5.74) is -0.00322. The average Bonchev–Trinajstić information content (AvgIpc) is 2.58. The van der Waals surface area contributed by atoms with Crippen LogP contribution in [0.15, 0.2) is 6.07 Å². The van der Waals surface area contributed by atoms with Crippen molar-refractivity contribution in [3.8, 4) is 11.9 Å². The topological polar surface area (TPSA) is 104 Å². The average molecular weight is 380 g/mol. The molecule has 1 aromatic heterocycles. The van der Waals surface area contributed by atoms with E-state index in [2.05, 4.69) is 11.1 Å². The van der Waals surface area contributed by atoms with Gasteiger partial charge < -0.3 is 14.7 Å². The molecule has 2 heterocycles. The first-order chi connectivity index (χ1) is 12.1. The second-order valence-electron chi connectivity index (χ2n) is 7.44. The van der Waals surface area contributed by atoms with Crippen LogP contribution in [0, 0.1) is 22.7 Å². The fourth-order valence-corrected chi connectivity index (χ4v) is 3.48. The van der Waals surface area contributed by atoms with Gasteiger partial charge in [0.15, 0.2) is 5.82 Å². The van der Waals surface area contributed by atoms with E-state index in [4.69, 9.17) is 16.3 Å². The van der Waals surface area contributed by atoms with Gasteiger partial charge in [0.05, 0.1) is 24.2 Å². The Morgan fingerprint density at radius 1 is 1.46 bits per heavy atom. The highest BCUT2D eigenvalue weighted by Crippen LogP contribution is 2.39. The number of hydrogen-bond acceptors (Lipinski definition) is 6. The minimum atomic E-state index is -0.812.